The number of nitrogens with zero attached hydrogens (tertiary/aromatic N) is 1. The predicted molar refractivity (Wildman–Crippen MR) is 85.8 cm³/mol. The summed E-state index contributed by atoms with van der Waals surface area (Å²) in [7, 11) is 0. The number of carbonyl (C=O) groups is 1. The Balaban J connectivity index is 1.78. The summed E-state index contributed by atoms with van der Waals surface area (Å²) in [6.07, 6.45) is 3.00. The second-order valence-electron chi connectivity index (χ2n) is 5.72. The summed E-state index contributed by atoms with van der Waals surface area (Å²) < 4.78 is 5.59. The Bertz CT molecular complexity index is 479. The van der Waals surface area contributed by atoms with E-state index in [0.29, 0.717) is 19.7 Å². The standard InChI is InChI=1S/C17H26N2O3/c1-2-9-22-16-7-3-5-14(10-16)11-18-17(21)12-19-8-4-6-15(19)13-20/h3,5,7,10,15,20H,2,4,6,8-9,11-13H2,1H3,(H,18,21)/t15-/m0/s1. The molecule has 5 heteroatoms. The number of ether oxygens (including phenoxy) is 1. The van der Waals surface area contributed by atoms with Gasteiger partial charge in [-0.05, 0) is 43.5 Å². The fourth-order valence-electron chi connectivity index (χ4n) is 2.72. The molecule has 0 spiro atoms. The van der Waals surface area contributed by atoms with E-state index in [4.69, 9.17) is 4.74 Å². The number of likely N-dealkylation sites (tertiary alicyclic amines) is 1. The van der Waals surface area contributed by atoms with Crippen LogP contribution >= 0.6 is 0 Å². The van der Waals surface area contributed by atoms with Gasteiger partial charge in [0.1, 0.15) is 5.75 Å². The molecule has 1 aromatic rings. The third kappa shape index (κ3) is 5.00. The van der Waals surface area contributed by atoms with E-state index in [-0.39, 0.29) is 18.6 Å². The smallest absolute Gasteiger partial charge is 0.234 e. The topological polar surface area (TPSA) is 61.8 Å². The SMILES string of the molecule is CCCOc1cccc(CNC(=O)CN2CCC[C@H]2CO)c1. The fraction of sp³-hybridized carbons (Fsp3) is 0.588. The molecule has 0 aromatic heterocycles. The number of carbonyl (C=O) groups excluding carboxylic acids is 1. The van der Waals surface area contributed by atoms with Gasteiger partial charge in [0.15, 0.2) is 0 Å². The van der Waals surface area contributed by atoms with Crippen LogP contribution in [0.15, 0.2) is 24.3 Å². The summed E-state index contributed by atoms with van der Waals surface area (Å²) >= 11 is 0. The molecular weight excluding hydrogens is 280 g/mol. The molecule has 1 atom stereocenters. The number of benzene rings is 1. The molecule has 1 heterocycles. The molecule has 1 aliphatic rings. The molecule has 1 fully saturated rings. The number of aliphatic hydroxyl groups is 1. The average molecular weight is 306 g/mol. The Morgan fingerprint density at radius 1 is 1.50 bits per heavy atom. The molecule has 5 nitrogen and oxygen atoms in total. The molecular formula is C17H26N2O3. The fourth-order valence-corrected chi connectivity index (χ4v) is 2.72. The highest BCUT2D eigenvalue weighted by molar-refractivity contribution is 5.78. The highest BCUT2D eigenvalue weighted by atomic mass is 16.5. The second-order valence-corrected chi connectivity index (χ2v) is 5.72. The highest BCUT2D eigenvalue weighted by Gasteiger charge is 2.25. The molecule has 122 valence electrons. The van der Waals surface area contributed by atoms with Crippen molar-refractivity contribution in [2.24, 2.45) is 0 Å². The van der Waals surface area contributed by atoms with Gasteiger partial charge in [-0.1, -0.05) is 19.1 Å². The Hall–Kier alpha value is -1.59. The summed E-state index contributed by atoms with van der Waals surface area (Å²) in [5.41, 5.74) is 1.03. The van der Waals surface area contributed by atoms with Gasteiger partial charge in [-0.25, -0.2) is 0 Å². The lowest BCUT2D eigenvalue weighted by Crippen LogP contribution is -2.40. The maximum atomic E-state index is 12.0. The van der Waals surface area contributed by atoms with Crippen LogP contribution in [0.4, 0.5) is 0 Å². The number of hydrogen-bond donors (Lipinski definition) is 2. The van der Waals surface area contributed by atoms with E-state index in [9.17, 15) is 9.90 Å². The van der Waals surface area contributed by atoms with E-state index < -0.39 is 0 Å². The van der Waals surface area contributed by atoms with Gasteiger partial charge in [0.05, 0.1) is 19.8 Å². The van der Waals surface area contributed by atoms with Crippen LogP contribution in [-0.4, -0.2) is 48.3 Å². The molecule has 0 saturated carbocycles. The third-order valence-electron chi connectivity index (χ3n) is 3.92. The summed E-state index contributed by atoms with van der Waals surface area (Å²) in [6.45, 7) is 4.65. The van der Waals surface area contributed by atoms with E-state index in [2.05, 4.69) is 17.1 Å². The van der Waals surface area contributed by atoms with Gasteiger partial charge in [-0.15, -0.1) is 0 Å². The first-order chi connectivity index (χ1) is 10.7. The summed E-state index contributed by atoms with van der Waals surface area (Å²) in [5.74, 6) is 0.841. The van der Waals surface area contributed by atoms with Gasteiger partial charge in [-0.2, -0.15) is 0 Å². The van der Waals surface area contributed by atoms with Gasteiger partial charge in [0, 0.05) is 12.6 Å². The molecule has 0 aliphatic carbocycles. The van der Waals surface area contributed by atoms with Crippen LogP contribution in [0, 0.1) is 0 Å². The highest BCUT2D eigenvalue weighted by Crippen LogP contribution is 2.16. The zero-order valence-electron chi connectivity index (χ0n) is 13.3. The van der Waals surface area contributed by atoms with E-state index in [1.54, 1.807) is 0 Å². The zero-order chi connectivity index (χ0) is 15.8. The lowest BCUT2D eigenvalue weighted by atomic mass is 10.2. The maximum absolute atomic E-state index is 12.0. The largest absolute Gasteiger partial charge is 0.494 e. The van der Waals surface area contributed by atoms with Crippen molar-refractivity contribution in [3.05, 3.63) is 29.8 Å². The summed E-state index contributed by atoms with van der Waals surface area (Å²) in [4.78, 5) is 14.1. The van der Waals surface area contributed by atoms with Gasteiger partial charge in [-0.3, -0.25) is 9.69 Å². The van der Waals surface area contributed by atoms with Crippen molar-refractivity contribution < 1.29 is 14.6 Å². The molecule has 1 aliphatic heterocycles. The first kappa shape index (κ1) is 16.8. The van der Waals surface area contributed by atoms with Gasteiger partial charge in [0.25, 0.3) is 0 Å². The van der Waals surface area contributed by atoms with Crippen LogP contribution in [0.5, 0.6) is 5.75 Å². The molecule has 2 rings (SSSR count). The van der Waals surface area contributed by atoms with Crippen LogP contribution in [0.3, 0.4) is 0 Å². The minimum absolute atomic E-state index is 0.000213. The molecule has 2 N–H and O–H groups in total. The second kappa shape index (κ2) is 8.76. The summed E-state index contributed by atoms with van der Waals surface area (Å²) in [5, 5.41) is 12.2. The quantitative estimate of drug-likeness (QED) is 0.765. The molecule has 1 saturated heterocycles. The number of nitrogens with one attached hydrogen (secondary N) is 1. The Morgan fingerprint density at radius 2 is 2.36 bits per heavy atom. The number of hydrogen-bond acceptors (Lipinski definition) is 4. The molecule has 1 aromatic carbocycles. The molecule has 22 heavy (non-hydrogen) atoms. The van der Waals surface area contributed by atoms with E-state index in [0.717, 1.165) is 37.1 Å². The molecule has 0 radical (unpaired) electrons. The van der Waals surface area contributed by atoms with Crippen molar-refractivity contribution in [2.75, 3.05) is 26.3 Å². The van der Waals surface area contributed by atoms with Crippen molar-refractivity contribution in [3.8, 4) is 5.75 Å². The van der Waals surface area contributed by atoms with Crippen LogP contribution in [0.2, 0.25) is 0 Å². The average Bonchev–Trinajstić information content (AvgIpc) is 2.98. The van der Waals surface area contributed by atoms with Gasteiger partial charge >= 0.3 is 0 Å². The molecule has 0 bridgehead atoms. The van der Waals surface area contributed by atoms with E-state index in [1.807, 2.05) is 24.3 Å². The first-order valence-corrected chi connectivity index (χ1v) is 8.06. The lowest BCUT2D eigenvalue weighted by molar-refractivity contribution is -0.122. The molecule has 1 amide bonds. The lowest BCUT2D eigenvalue weighted by Gasteiger charge is -2.21. The summed E-state index contributed by atoms with van der Waals surface area (Å²) in [6, 6.07) is 7.94. The van der Waals surface area contributed by atoms with Crippen molar-refractivity contribution in [2.45, 2.75) is 38.8 Å². The Labute approximate surface area is 132 Å². The van der Waals surface area contributed by atoms with Crippen molar-refractivity contribution >= 4 is 5.91 Å². The third-order valence-corrected chi connectivity index (χ3v) is 3.92. The normalized spacial score (nSPS) is 18.4. The minimum Gasteiger partial charge on any atom is -0.494 e. The Kier molecular flexibility index (Phi) is 6.68. The van der Waals surface area contributed by atoms with Crippen molar-refractivity contribution in [3.63, 3.8) is 0 Å². The number of aliphatic hydroxyl groups excluding tert-OH is 1. The van der Waals surface area contributed by atoms with E-state index in [1.165, 1.54) is 0 Å². The first-order valence-electron chi connectivity index (χ1n) is 8.06. The Morgan fingerprint density at radius 3 is 3.14 bits per heavy atom. The van der Waals surface area contributed by atoms with Crippen LogP contribution < -0.4 is 10.1 Å². The minimum atomic E-state index is 0.000213. The van der Waals surface area contributed by atoms with Crippen molar-refractivity contribution in [1.29, 1.82) is 0 Å². The maximum Gasteiger partial charge on any atom is 0.234 e. The zero-order valence-corrected chi connectivity index (χ0v) is 13.3. The molecule has 0 unspecified atom stereocenters. The monoisotopic (exact) mass is 306 g/mol. The van der Waals surface area contributed by atoms with E-state index >= 15 is 0 Å². The van der Waals surface area contributed by atoms with Gasteiger partial charge < -0.3 is 15.2 Å². The van der Waals surface area contributed by atoms with Crippen molar-refractivity contribution in [1.82, 2.24) is 10.2 Å². The van der Waals surface area contributed by atoms with Crippen LogP contribution in [0.1, 0.15) is 31.7 Å². The van der Waals surface area contributed by atoms with Crippen LogP contribution in [-0.2, 0) is 11.3 Å². The number of rotatable bonds is 8. The number of amides is 1. The van der Waals surface area contributed by atoms with Gasteiger partial charge in [0.2, 0.25) is 5.91 Å². The predicted octanol–water partition coefficient (Wildman–Crippen LogP) is 1.55. The van der Waals surface area contributed by atoms with Crippen LogP contribution in [0.25, 0.3) is 0 Å².